The maximum Gasteiger partial charge on any atom is 0.335 e. The summed E-state index contributed by atoms with van der Waals surface area (Å²) in [5, 5.41) is 97.3. The summed E-state index contributed by atoms with van der Waals surface area (Å²) in [6.45, 7) is 16.6. The first-order valence-corrected chi connectivity index (χ1v) is 23.5. The topological polar surface area (TPSA) is 272 Å². The minimum absolute atomic E-state index is 0.0000364. The van der Waals surface area contributed by atoms with E-state index in [0.29, 0.717) is 12.8 Å². The fraction of sp³-hybridized carbons (Fsp3) is 0.915. The Balaban J connectivity index is 1.06. The van der Waals surface area contributed by atoms with Crippen molar-refractivity contribution in [1.82, 2.24) is 0 Å². The highest BCUT2D eigenvalue weighted by molar-refractivity contribution is 5.73. The van der Waals surface area contributed by atoms with Crippen molar-refractivity contribution in [2.45, 2.75) is 211 Å². The van der Waals surface area contributed by atoms with Crippen LogP contribution in [0, 0.1) is 50.2 Å². The maximum atomic E-state index is 14.0. The summed E-state index contributed by atoms with van der Waals surface area (Å²) in [6.07, 6.45) is -14.0. The minimum atomic E-state index is -2.01. The zero-order valence-electron chi connectivity index (χ0n) is 38.5. The predicted molar refractivity (Wildman–Crippen MR) is 224 cm³/mol. The number of carbonyl (C=O) groups excluding carboxylic acids is 1. The summed E-state index contributed by atoms with van der Waals surface area (Å²) in [6, 6.07) is 0. The number of fused-ring (bicyclic) bond motifs is 7. The number of aliphatic hydroxyl groups is 8. The van der Waals surface area contributed by atoms with Crippen LogP contribution in [0.15, 0.2) is 11.6 Å². The molecule has 0 aromatic rings. The second kappa shape index (κ2) is 16.8. The number of allylic oxidation sites excluding steroid dienone is 2. The number of carboxylic acid groups (broad SMARTS) is 1. The number of carbonyl (C=O) groups is 2. The van der Waals surface area contributed by atoms with E-state index in [4.69, 9.17) is 28.4 Å². The molecule has 9 N–H and O–H groups in total. The van der Waals surface area contributed by atoms with E-state index >= 15 is 0 Å². The molecule has 23 atom stereocenters. The van der Waals surface area contributed by atoms with E-state index in [-0.39, 0.29) is 45.5 Å². The van der Waals surface area contributed by atoms with Gasteiger partial charge in [0.25, 0.3) is 0 Å². The number of rotatable bonds is 8. The Kier molecular flexibility index (Phi) is 12.8. The summed E-state index contributed by atoms with van der Waals surface area (Å²) in [7, 11) is 0. The highest BCUT2D eigenvalue weighted by Gasteiger charge is 2.70. The van der Waals surface area contributed by atoms with Crippen LogP contribution in [0.1, 0.15) is 113 Å². The van der Waals surface area contributed by atoms with E-state index in [1.807, 2.05) is 13.8 Å². The first-order chi connectivity index (χ1) is 29.8. The highest BCUT2D eigenvalue weighted by atomic mass is 16.8. The van der Waals surface area contributed by atoms with Gasteiger partial charge in [-0.1, -0.05) is 60.1 Å². The third-order valence-electron chi connectivity index (χ3n) is 18.8. The Labute approximate surface area is 375 Å². The van der Waals surface area contributed by atoms with E-state index < -0.39 is 116 Å². The van der Waals surface area contributed by atoms with Crippen LogP contribution in [0.25, 0.3) is 0 Å². The lowest BCUT2D eigenvalue weighted by atomic mass is 9.33. The first-order valence-electron chi connectivity index (χ1n) is 23.5. The van der Waals surface area contributed by atoms with Crippen LogP contribution in [-0.4, -0.2) is 163 Å². The smallest absolute Gasteiger partial charge is 0.335 e. The van der Waals surface area contributed by atoms with Crippen LogP contribution < -0.4 is 0 Å². The van der Waals surface area contributed by atoms with Crippen LogP contribution in [0.3, 0.4) is 0 Å². The van der Waals surface area contributed by atoms with Gasteiger partial charge in [0.15, 0.2) is 25.0 Å². The Morgan fingerprint density at radius 2 is 1.39 bits per heavy atom. The largest absolute Gasteiger partial charge is 0.479 e. The zero-order chi connectivity index (χ0) is 46.9. The number of carboxylic acids is 1. The van der Waals surface area contributed by atoms with Crippen LogP contribution in [0.5, 0.6) is 0 Å². The number of aldehydes is 1. The fourth-order valence-corrected chi connectivity index (χ4v) is 14.6. The monoisotopic (exact) mass is 910 g/mol. The second-order valence-electron chi connectivity index (χ2n) is 23.0. The molecule has 64 heavy (non-hydrogen) atoms. The SMILES string of the molecule is C[C@@H]1O[C@@H](O[C@H]2[C@H](O[C@H]3[C@H](O[C@H]4CC[C@@]5(C=O)[C@H](CC[C@]6(C)[C@@H]5CC=C5[C@@H]7CC(C)(C)C[C@@H](O)[C@]7(C)CC[C@]56C)C4(C)C)O[C@H](C(=O)O)[C@@H](O)[C@@H]3O)OC[C@@H](O)[C@@H]2O)[C@H](O)[C@H](O)[C@H]1O. The number of ether oxygens (including phenoxy) is 6. The maximum absolute atomic E-state index is 14.0. The summed E-state index contributed by atoms with van der Waals surface area (Å²) in [5.74, 6) is -1.46. The quantitative estimate of drug-likeness (QED) is 0.0950. The Morgan fingerprint density at radius 3 is 2.06 bits per heavy atom. The molecule has 5 aliphatic carbocycles. The van der Waals surface area contributed by atoms with Crippen LogP contribution >= 0.6 is 0 Å². The van der Waals surface area contributed by atoms with Gasteiger partial charge in [0.2, 0.25) is 0 Å². The van der Waals surface area contributed by atoms with Crippen molar-refractivity contribution in [3.05, 3.63) is 11.6 Å². The van der Waals surface area contributed by atoms with Crippen molar-refractivity contribution in [2.75, 3.05) is 6.61 Å². The molecule has 17 nitrogen and oxygen atoms in total. The van der Waals surface area contributed by atoms with Gasteiger partial charge in [0, 0.05) is 10.8 Å². The van der Waals surface area contributed by atoms with Crippen molar-refractivity contribution in [3.8, 4) is 0 Å². The molecule has 0 bridgehead atoms. The van der Waals surface area contributed by atoms with E-state index in [9.17, 15) is 55.5 Å². The van der Waals surface area contributed by atoms with Crippen molar-refractivity contribution in [3.63, 3.8) is 0 Å². The van der Waals surface area contributed by atoms with Crippen LogP contribution in [-0.2, 0) is 38.0 Å². The fourth-order valence-electron chi connectivity index (χ4n) is 14.6. The average molecular weight is 911 g/mol. The molecule has 0 radical (unpaired) electrons. The average Bonchev–Trinajstić information content (AvgIpc) is 3.22. The Hall–Kier alpha value is -1.68. The number of aliphatic carboxylic acids is 1. The van der Waals surface area contributed by atoms with Gasteiger partial charge in [-0.15, -0.1) is 0 Å². The van der Waals surface area contributed by atoms with Gasteiger partial charge in [-0.3, -0.25) is 0 Å². The Bertz CT molecular complexity index is 1790. The molecule has 3 heterocycles. The van der Waals surface area contributed by atoms with Crippen molar-refractivity contribution < 1.29 is 84.0 Å². The molecular weight excluding hydrogens is 837 g/mol. The number of hydrogen-bond donors (Lipinski definition) is 9. The summed E-state index contributed by atoms with van der Waals surface area (Å²) in [5.41, 5.74) is -0.586. The molecule has 3 aliphatic heterocycles. The van der Waals surface area contributed by atoms with Gasteiger partial charge in [0.1, 0.15) is 61.2 Å². The van der Waals surface area contributed by atoms with E-state index in [1.165, 1.54) is 18.8 Å². The van der Waals surface area contributed by atoms with Gasteiger partial charge < -0.3 is 79.2 Å². The number of hydrogen-bond acceptors (Lipinski definition) is 16. The molecule has 0 aromatic carbocycles. The minimum Gasteiger partial charge on any atom is -0.479 e. The zero-order valence-corrected chi connectivity index (χ0v) is 38.5. The lowest BCUT2D eigenvalue weighted by Gasteiger charge is -2.71. The van der Waals surface area contributed by atoms with Crippen molar-refractivity contribution in [2.24, 2.45) is 50.2 Å². The van der Waals surface area contributed by atoms with E-state index in [0.717, 1.165) is 44.9 Å². The third kappa shape index (κ3) is 7.40. The molecule has 7 fully saturated rings. The normalized spacial score (nSPS) is 54.6. The molecule has 0 spiro atoms. The van der Waals surface area contributed by atoms with Gasteiger partial charge in [-0.2, -0.15) is 0 Å². The molecule has 17 heteroatoms. The summed E-state index contributed by atoms with van der Waals surface area (Å²) >= 11 is 0. The third-order valence-corrected chi connectivity index (χ3v) is 18.8. The second-order valence-corrected chi connectivity index (χ2v) is 23.0. The van der Waals surface area contributed by atoms with Gasteiger partial charge in [-0.25, -0.2) is 4.79 Å². The number of aliphatic hydroxyl groups excluding tert-OH is 8. The standard InChI is InChI=1S/C47H74O17/c1-21-29(51)31(53)34(56)39(60-21)63-36-30(52)24(49)19-59-40(36)64-37-33(55)32(54)35(38(57)58)62-41(37)61-28-12-14-47(20-48)25(43(28,4)5)11-13-46(8)26(47)10-9-22-23-17-42(2,3)18-27(50)44(23,6)15-16-45(22,46)7/h9,20-21,23-37,39-41,49-56H,10-19H2,1-8H3,(H,57,58)/t21-,23-,24+,25+,26-,27+,28-,29-,30-,31+,32-,33-,34+,35-,36+,37+,39-,40-,41+,44+,45+,46+,47+/m0/s1. The van der Waals surface area contributed by atoms with E-state index in [2.05, 4.69) is 40.7 Å². The van der Waals surface area contributed by atoms with Crippen LogP contribution in [0.2, 0.25) is 0 Å². The van der Waals surface area contributed by atoms with Gasteiger partial charge >= 0.3 is 5.97 Å². The molecule has 3 saturated heterocycles. The molecule has 4 saturated carbocycles. The van der Waals surface area contributed by atoms with E-state index in [1.54, 1.807) is 0 Å². The molecule has 0 aromatic heterocycles. The lowest BCUT2D eigenvalue weighted by molar-refractivity contribution is -0.386. The van der Waals surface area contributed by atoms with Gasteiger partial charge in [0.05, 0.1) is 24.9 Å². The van der Waals surface area contributed by atoms with Crippen LogP contribution in [0.4, 0.5) is 0 Å². The highest BCUT2D eigenvalue weighted by Crippen LogP contribution is 2.75. The summed E-state index contributed by atoms with van der Waals surface area (Å²) < 4.78 is 36.0. The van der Waals surface area contributed by atoms with Gasteiger partial charge in [-0.05, 0) is 104 Å². The molecule has 364 valence electrons. The first kappa shape index (κ1) is 48.8. The summed E-state index contributed by atoms with van der Waals surface area (Å²) in [4.78, 5) is 26.4. The molecule has 0 unspecified atom stereocenters. The molecular formula is C47H74O17. The molecule has 8 rings (SSSR count). The van der Waals surface area contributed by atoms with Crippen molar-refractivity contribution in [1.29, 1.82) is 0 Å². The Morgan fingerprint density at radius 1 is 0.719 bits per heavy atom. The lowest BCUT2D eigenvalue weighted by Crippen LogP contribution is -2.68. The molecule has 0 amide bonds. The van der Waals surface area contributed by atoms with Crippen molar-refractivity contribution >= 4 is 12.3 Å². The molecule has 8 aliphatic rings. The predicted octanol–water partition coefficient (Wildman–Crippen LogP) is 1.55.